The van der Waals surface area contributed by atoms with Gasteiger partial charge < -0.3 is 14.1 Å². The number of likely N-dealkylation sites (tertiary alicyclic amines) is 1. The van der Waals surface area contributed by atoms with Crippen molar-refractivity contribution in [3.8, 4) is 0 Å². The summed E-state index contributed by atoms with van der Waals surface area (Å²) in [7, 11) is 0. The Bertz CT molecular complexity index is 1230. The second-order valence-corrected chi connectivity index (χ2v) is 9.85. The highest BCUT2D eigenvalue weighted by molar-refractivity contribution is 7.98. The van der Waals surface area contributed by atoms with Crippen molar-refractivity contribution in [2.24, 2.45) is 0 Å². The van der Waals surface area contributed by atoms with E-state index in [1.54, 1.807) is 23.1 Å². The molecule has 2 aliphatic heterocycles. The van der Waals surface area contributed by atoms with Crippen molar-refractivity contribution in [3.63, 3.8) is 0 Å². The first-order valence-electron chi connectivity index (χ1n) is 11.8. The van der Waals surface area contributed by atoms with E-state index in [4.69, 9.17) is 9.15 Å². The number of carbonyl (C=O) groups excluding carboxylic acids is 2. The molecular weight excluding hydrogens is 490 g/mol. The Hall–Kier alpha value is -3.02. The van der Waals surface area contributed by atoms with Crippen LogP contribution in [0.1, 0.15) is 34.7 Å². The molecule has 11 heteroatoms. The number of benzene rings is 1. The molecule has 0 radical (unpaired) electrons. The Kier molecular flexibility index (Phi) is 7.22. The number of furan rings is 1. The van der Waals surface area contributed by atoms with E-state index in [1.807, 2.05) is 11.8 Å². The molecule has 1 aromatic carbocycles. The van der Waals surface area contributed by atoms with E-state index < -0.39 is 11.7 Å². The summed E-state index contributed by atoms with van der Waals surface area (Å²) in [5.74, 6) is -1.35. The van der Waals surface area contributed by atoms with E-state index in [9.17, 15) is 14.0 Å². The van der Waals surface area contributed by atoms with E-state index in [0.29, 0.717) is 38.6 Å². The molecule has 2 atom stereocenters. The fourth-order valence-electron chi connectivity index (χ4n) is 4.43. The lowest BCUT2D eigenvalue weighted by molar-refractivity contribution is -0.138. The number of thioether (sulfide) groups is 1. The summed E-state index contributed by atoms with van der Waals surface area (Å²) in [5, 5.41) is 4.46. The Labute approximate surface area is 211 Å². The van der Waals surface area contributed by atoms with Crippen LogP contribution in [-0.4, -0.2) is 76.8 Å². The van der Waals surface area contributed by atoms with Crippen molar-refractivity contribution in [2.45, 2.75) is 29.7 Å². The predicted molar refractivity (Wildman–Crippen MR) is 128 cm³/mol. The quantitative estimate of drug-likeness (QED) is 0.446. The number of carbonyl (C=O) groups is 2. The molecule has 0 spiro atoms. The van der Waals surface area contributed by atoms with Gasteiger partial charge in [0.1, 0.15) is 16.5 Å². The van der Waals surface area contributed by atoms with Gasteiger partial charge >= 0.3 is 5.91 Å². The van der Waals surface area contributed by atoms with Gasteiger partial charge in [0.2, 0.25) is 5.91 Å². The first-order chi connectivity index (χ1) is 17.4. The lowest BCUT2D eigenvalue weighted by Gasteiger charge is -2.46. The molecule has 2 aliphatic rings. The van der Waals surface area contributed by atoms with Crippen LogP contribution in [0.15, 0.2) is 52.1 Å². The smallest absolute Gasteiger partial charge is 0.314 e. The van der Waals surface area contributed by atoms with Crippen LogP contribution in [0.25, 0.3) is 0 Å². The molecule has 1 amide bonds. The maximum atomic E-state index is 15.7. The lowest BCUT2D eigenvalue weighted by Crippen LogP contribution is -2.57. The molecule has 0 bridgehead atoms. The third-order valence-corrected chi connectivity index (χ3v) is 7.77. The molecule has 0 aliphatic carbocycles. The van der Waals surface area contributed by atoms with Crippen molar-refractivity contribution in [2.75, 3.05) is 39.4 Å². The molecule has 2 saturated heterocycles. The average Bonchev–Trinajstić information content (AvgIpc) is 3.54. The molecule has 2 unspecified atom stereocenters. The van der Waals surface area contributed by atoms with Gasteiger partial charge in [0, 0.05) is 37.3 Å². The zero-order valence-electron chi connectivity index (χ0n) is 19.7. The maximum Gasteiger partial charge on any atom is 0.314 e. The fraction of sp³-hybridized carbons (Fsp3) is 0.400. The van der Waals surface area contributed by atoms with E-state index in [2.05, 4.69) is 5.10 Å². The van der Waals surface area contributed by atoms with Crippen LogP contribution in [0, 0.1) is 11.6 Å². The minimum Gasteiger partial charge on any atom is -0.459 e. The summed E-state index contributed by atoms with van der Waals surface area (Å²) in [6, 6.07) is 8.87. The molecule has 0 N–H and O–H groups in total. The SMILES string of the molecule is CC1C(c2nn(C(=O)c3ccco3)c(SCc3ccc(F)cc3)c2F)CN1CC(=O)N1CCOCC1. The number of morpholine rings is 1. The number of ether oxygens (including phenoxy) is 1. The second-order valence-electron chi connectivity index (χ2n) is 8.88. The van der Waals surface area contributed by atoms with Gasteiger partial charge in [-0.3, -0.25) is 14.5 Å². The highest BCUT2D eigenvalue weighted by Gasteiger charge is 2.42. The van der Waals surface area contributed by atoms with Crippen molar-refractivity contribution in [3.05, 3.63) is 71.3 Å². The minimum atomic E-state index is -0.571. The van der Waals surface area contributed by atoms with E-state index >= 15 is 4.39 Å². The molecule has 2 aromatic heterocycles. The Morgan fingerprint density at radius 2 is 1.89 bits per heavy atom. The largest absolute Gasteiger partial charge is 0.459 e. The standard InChI is InChI=1S/C25H26F2N4O4S/c1-16-19(13-30(16)14-21(32)29-8-11-34-12-9-29)23-22(27)25(36-15-17-4-6-18(26)7-5-17)31(28-23)24(33)20-3-2-10-35-20/h2-7,10,16,19H,8-9,11-15H2,1H3. The highest BCUT2D eigenvalue weighted by atomic mass is 32.2. The van der Waals surface area contributed by atoms with E-state index in [0.717, 1.165) is 22.0 Å². The molecule has 4 heterocycles. The lowest BCUT2D eigenvalue weighted by atomic mass is 9.87. The van der Waals surface area contributed by atoms with Crippen LogP contribution < -0.4 is 0 Å². The average molecular weight is 517 g/mol. The van der Waals surface area contributed by atoms with Crippen LogP contribution in [0.2, 0.25) is 0 Å². The van der Waals surface area contributed by atoms with Gasteiger partial charge in [0.15, 0.2) is 11.6 Å². The highest BCUT2D eigenvalue weighted by Crippen LogP contribution is 2.38. The maximum absolute atomic E-state index is 15.7. The zero-order valence-corrected chi connectivity index (χ0v) is 20.5. The van der Waals surface area contributed by atoms with Crippen molar-refractivity contribution in [1.29, 1.82) is 0 Å². The van der Waals surface area contributed by atoms with Crippen molar-refractivity contribution >= 4 is 23.6 Å². The summed E-state index contributed by atoms with van der Waals surface area (Å²) in [4.78, 5) is 29.5. The molecule has 0 saturated carbocycles. The monoisotopic (exact) mass is 516 g/mol. The number of hydrogen-bond acceptors (Lipinski definition) is 7. The van der Waals surface area contributed by atoms with Crippen LogP contribution in [0.5, 0.6) is 0 Å². The van der Waals surface area contributed by atoms with Crippen LogP contribution in [-0.2, 0) is 15.3 Å². The number of aromatic nitrogens is 2. The van der Waals surface area contributed by atoms with Gasteiger partial charge in [-0.05, 0) is 36.8 Å². The molecule has 2 fully saturated rings. The number of halogens is 2. The number of amides is 1. The molecule has 5 rings (SSSR count). The molecule has 190 valence electrons. The number of nitrogens with zero attached hydrogens (tertiary/aromatic N) is 4. The number of rotatable bonds is 7. The Morgan fingerprint density at radius 3 is 2.56 bits per heavy atom. The first-order valence-corrected chi connectivity index (χ1v) is 12.7. The Balaban J connectivity index is 1.34. The first kappa shape index (κ1) is 24.7. The van der Waals surface area contributed by atoms with E-state index in [-0.39, 0.29) is 46.7 Å². The molecule has 8 nitrogen and oxygen atoms in total. The second kappa shape index (κ2) is 10.5. The van der Waals surface area contributed by atoms with Crippen LogP contribution in [0.3, 0.4) is 0 Å². The predicted octanol–water partition coefficient (Wildman–Crippen LogP) is 3.38. The van der Waals surface area contributed by atoms with Gasteiger partial charge in [-0.2, -0.15) is 9.78 Å². The molecule has 3 aromatic rings. The summed E-state index contributed by atoms with van der Waals surface area (Å²) in [5.41, 5.74) is 0.976. The zero-order chi connectivity index (χ0) is 25.2. The normalized spacial score (nSPS) is 20.4. The minimum absolute atomic E-state index is 0.0261. The summed E-state index contributed by atoms with van der Waals surface area (Å²) < 4.78 is 40.6. The third-order valence-electron chi connectivity index (χ3n) is 6.67. The van der Waals surface area contributed by atoms with Gasteiger partial charge in [-0.1, -0.05) is 23.9 Å². The van der Waals surface area contributed by atoms with Crippen molar-refractivity contribution in [1.82, 2.24) is 19.6 Å². The fourth-order valence-corrected chi connectivity index (χ4v) is 5.41. The Morgan fingerprint density at radius 1 is 1.14 bits per heavy atom. The van der Waals surface area contributed by atoms with Crippen LogP contribution >= 0.6 is 11.8 Å². The van der Waals surface area contributed by atoms with Crippen LogP contribution in [0.4, 0.5) is 8.78 Å². The number of hydrogen-bond donors (Lipinski definition) is 0. The van der Waals surface area contributed by atoms with Gasteiger partial charge in [0.05, 0.1) is 26.0 Å². The topological polar surface area (TPSA) is 80.8 Å². The van der Waals surface area contributed by atoms with Gasteiger partial charge in [-0.25, -0.2) is 8.78 Å². The van der Waals surface area contributed by atoms with Crippen molar-refractivity contribution < 1.29 is 27.5 Å². The summed E-state index contributed by atoms with van der Waals surface area (Å²) >= 11 is 1.12. The molecule has 36 heavy (non-hydrogen) atoms. The van der Waals surface area contributed by atoms with E-state index in [1.165, 1.54) is 24.5 Å². The molecular formula is C25H26F2N4O4S. The summed E-state index contributed by atoms with van der Waals surface area (Å²) in [6.45, 7) is 4.86. The van der Waals surface area contributed by atoms with Gasteiger partial charge in [0.25, 0.3) is 0 Å². The summed E-state index contributed by atoms with van der Waals surface area (Å²) in [6.07, 6.45) is 1.37. The van der Waals surface area contributed by atoms with Gasteiger partial charge in [-0.15, -0.1) is 0 Å². The third kappa shape index (κ3) is 4.95.